The van der Waals surface area contributed by atoms with Crippen LogP contribution in [0.1, 0.15) is 20.8 Å². The second-order valence-electron chi connectivity index (χ2n) is 6.24. The van der Waals surface area contributed by atoms with Crippen LogP contribution >= 0.6 is 0 Å². The van der Waals surface area contributed by atoms with Crippen LogP contribution in [0.25, 0.3) is 0 Å². The fourth-order valence-electron chi connectivity index (χ4n) is 2.62. The van der Waals surface area contributed by atoms with Gasteiger partial charge in [0.25, 0.3) is 11.6 Å². The third-order valence-corrected chi connectivity index (χ3v) is 4.01. The van der Waals surface area contributed by atoms with Crippen LogP contribution in [0.5, 0.6) is 5.75 Å². The maximum absolute atomic E-state index is 12.9. The topological polar surface area (TPSA) is 108 Å². The van der Waals surface area contributed by atoms with Gasteiger partial charge in [-0.25, -0.2) is 4.79 Å². The van der Waals surface area contributed by atoms with E-state index >= 15 is 0 Å². The van der Waals surface area contributed by atoms with E-state index < -0.39 is 28.9 Å². The smallest absolute Gasteiger partial charge is 0.329 e. The van der Waals surface area contributed by atoms with Crippen LogP contribution in [0.15, 0.2) is 18.2 Å². The number of carbonyl (C=O) groups excluding carboxylic acids is 2. The Morgan fingerprint density at radius 3 is 2.62 bits per heavy atom. The van der Waals surface area contributed by atoms with E-state index in [4.69, 9.17) is 14.2 Å². The lowest BCUT2D eigenvalue weighted by atomic mass is 10.0. The van der Waals surface area contributed by atoms with Crippen molar-refractivity contribution in [3.8, 4) is 5.75 Å². The van der Waals surface area contributed by atoms with E-state index in [-0.39, 0.29) is 30.5 Å². The molecule has 0 radical (unpaired) electrons. The van der Waals surface area contributed by atoms with Crippen LogP contribution in [-0.2, 0) is 19.1 Å². The molecule has 1 amide bonds. The van der Waals surface area contributed by atoms with Gasteiger partial charge in [-0.15, -0.1) is 0 Å². The van der Waals surface area contributed by atoms with Crippen LogP contribution < -0.4 is 9.64 Å². The minimum atomic E-state index is -0.967. The van der Waals surface area contributed by atoms with Gasteiger partial charge in [-0.05, 0) is 18.9 Å². The van der Waals surface area contributed by atoms with E-state index in [9.17, 15) is 19.7 Å². The Morgan fingerprint density at radius 2 is 2.04 bits per heavy atom. The maximum Gasteiger partial charge on any atom is 0.329 e. The minimum Gasteiger partial charge on any atom is -0.478 e. The monoisotopic (exact) mass is 366 g/mol. The van der Waals surface area contributed by atoms with E-state index in [1.807, 2.05) is 13.8 Å². The molecule has 26 heavy (non-hydrogen) atoms. The lowest BCUT2D eigenvalue weighted by molar-refractivity contribution is -0.384. The highest BCUT2D eigenvalue weighted by Gasteiger charge is 2.41. The highest BCUT2D eigenvalue weighted by atomic mass is 16.6. The fraction of sp³-hybridized carbons (Fsp3) is 0.529. The molecular weight excluding hydrogens is 344 g/mol. The lowest BCUT2D eigenvalue weighted by Gasteiger charge is -2.38. The van der Waals surface area contributed by atoms with Gasteiger partial charge in [0.1, 0.15) is 18.4 Å². The van der Waals surface area contributed by atoms with E-state index in [0.717, 1.165) is 0 Å². The average molecular weight is 366 g/mol. The molecule has 0 saturated carbocycles. The van der Waals surface area contributed by atoms with Gasteiger partial charge in [0.2, 0.25) is 0 Å². The Hall–Kier alpha value is -2.68. The molecule has 2 unspecified atom stereocenters. The number of nitrogens with zero attached hydrogens (tertiary/aromatic N) is 2. The molecule has 1 aromatic rings. The molecule has 142 valence electrons. The molecule has 9 heteroatoms. The zero-order valence-corrected chi connectivity index (χ0v) is 15.1. The van der Waals surface area contributed by atoms with Crippen LogP contribution in [0, 0.1) is 16.0 Å². The van der Waals surface area contributed by atoms with E-state index in [1.165, 1.54) is 37.1 Å². The summed E-state index contributed by atoms with van der Waals surface area (Å²) < 4.78 is 15.6. The third kappa shape index (κ3) is 3.93. The number of rotatable bonds is 7. The summed E-state index contributed by atoms with van der Waals surface area (Å²) in [4.78, 5) is 36.9. The van der Waals surface area contributed by atoms with Gasteiger partial charge in [0, 0.05) is 19.2 Å². The molecular formula is C17H22N2O7. The zero-order valence-electron chi connectivity index (χ0n) is 15.1. The van der Waals surface area contributed by atoms with Crippen molar-refractivity contribution < 1.29 is 28.7 Å². The number of amides is 1. The van der Waals surface area contributed by atoms with Gasteiger partial charge in [0.05, 0.1) is 17.2 Å². The number of carbonyl (C=O) groups is 2. The molecule has 9 nitrogen and oxygen atoms in total. The molecule has 2 atom stereocenters. The Morgan fingerprint density at radius 1 is 1.35 bits per heavy atom. The van der Waals surface area contributed by atoms with Crippen molar-refractivity contribution >= 4 is 23.3 Å². The number of hydrogen-bond donors (Lipinski definition) is 0. The van der Waals surface area contributed by atoms with Gasteiger partial charge >= 0.3 is 5.97 Å². The first-order valence-electron chi connectivity index (χ1n) is 8.21. The summed E-state index contributed by atoms with van der Waals surface area (Å²) in [6.07, 6.45) is -0.793. The van der Waals surface area contributed by atoms with Gasteiger partial charge in [0.15, 0.2) is 6.10 Å². The first-order valence-corrected chi connectivity index (χ1v) is 8.21. The average Bonchev–Trinajstić information content (AvgIpc) is 2.60. The summed E-state index contributed by atoms with van der Waals surface area (Å²) in [6.45, 7) is 5.43. The standard InChI is InChI=1S/C17H22N2O7/c1-10(2)15-16(20)18(11(3)17(21)25-8-7-24-4)13-9-12(19(22)23)5-6-14(13)26-15/h5-6,9-11,15H,7-8H2,1-4H3. The summed E-state index contributed by atoms with van der Waals surface area (Å²) in [5.41, 5.74) is -0.0228. The molecule has 1 heterocycles. The second-order valence-corrected chi connectivity index (χ2v) is 6.24. The molecule has 0 saturated heterocycles. The molecule has 2 rings (SSSR count). The van der Waals surface area contributed by atoms with Crippen molar-refractivity contribution in [3.63, 3.8) is 0 Å². The third-order valence-electron chi connectivity index (χ3n) is 4.01. The SMILES string of the molecule is COCCOC(=O)C(C)N1C(=O)C(C(C)C)Oc2ccc([N+](=O)[O-])cc21. The zero-order chi connectivity index (χ0) is 19.4. The number of esters is 1. The largest absolute Gasteiger partial charge is 0.478 e. The van der Waals surface area contributed by atoms with E-state index in [1.54, 1.807) is 0 Å². The highest BCUT2D eigenvalue weighted by molar-refractivity contribution is 6.04. The van der Waals surface area contributed by atoms with Crippen molar-refractivity contribution in [1.29, 1.82) is 0 Å². The number of non-ortho nitro benzene ring substituents is 1. The lowest BCUT2D eigenvalue weighted by Crippen LogP contribution is -2.54. The molecule has 1 aliphatic heterocycles. The van der Waals surface area contributed by atoms with Crippen LogP contribution in [0.4, 0.5) is 11.4 Å². The summed E-state index contributed by atoms with van der Waals surface area (Å²) >= 11 is 0. The molecule has 1 aromatic carbocycles. The molecule has 0 aromatic heterocycles. The van der Waals surface area contributed by atoms with Crippen LogP contribution in [0.3, 0.4) is 0 Å². The first-order chi connectivity index (χ1) is 12.3. The number of benzene rings is 1. The summed E-state index contributed by atoms with van der Waals surface area (Å²) in [5.74, 6) is -0.906. The van der Waals surface area contributed by atoms with Crippen molar-refractivity contribution in [2.24, 2.45) is 5.92 Å². The van der Waals surface area contributed by atoms with Crippen molar-refractivity contribution in [2.75, 3.05) is 25.2 Å². The van der Waals surface area contributed by atoms with Gasteiger partial charge in [-0.2, -0.15) is 0 Å². The molecule has 0 N–H and O–H groups in total. The number of nitro benzene ring substituents is 1. The summed E-state index contributed by atoms with van der Waals surface area (Å²) in [6, 6.07) is 2.99. The van der Waals surface area contributed by atoms with Crippen molar-refractivity contribution in [2.45, 2.75) is 32.9 Å². The Bertz CT molecular complexity index is 704. The van der Waals surface area contributed by atoms with Gasteiger partial charge < -0.3 is 14.2 Å². The number of anilines is 1. The summed E-state index contributed by atoms with van der Waals surface area (Å²) in [7, 11) is 1.48. The second kappa shape index (κ2) is 8.13. The number of fused-ring (bicyclic) bond motifs is 1. The number of ether oxygens (including phenoxy) is 3. The van der Waals surface area contributed by atoms with E-state index in [0.29, 0.717) is 5.75 Å². The molecule has 0 spiro atoms. The predicted octanol–water partition coefficient (Wildman–Crippen LogP) is 1.92. The Balaban J connectivity index is 2.41. The maximum atomic E-state index is 12.9. The number of hydrogen-bond acceptors (Lipinski definition) is 7. The Kier molecular flexibility index (Phi) is 6.14. The van der Waals surface area contributed by atoms with E-state index in [2.05, 4.69) is 0 Å². The van der Waals surface area contributed by atoms with Gasteiger partial charge in [-0.3, -0.25) is 19.8 Å². The van der Waals surface area contributed by atoms with Crippen LogP contribution in [-0.4, -0.2) is 49.3 Å². The van der Waals surface area contributed by atoms with Crippen molar-refractivity contribution in [3.05, 3.63) is 28.3 Å². The molecule has 1 aliphatic rings. The number of methoxy groups -OCH3 is 1. The van der Waals surface area contributed by atoms with Crippen molar-refractivity contribution in [1.82, 2.24) is 0 Å². The fourth-order valence-corrected chi connectivity index (χ4v) is 2.62. The quantitative estimate of drug-likeness (QED) is 0.314. The summed E-state index contributed by atoms with van der Waals surface area (Å²) in [5, 5.41) is 11.1. The van der Waals surface area contributed by atoms with Gasteiger partial charge in [-0.1, -0.05) is 13.8 Å². The highest BCUT2D eigenvalue weighted by Crippen LogP contribution is 2.39. The number of nitro groups is 1. The molecule has 0 fully saturated rings. The normalized spacial score (nSPS) is 17.5. The van der Waals surface area contributed by atoms with Crippen LogP contribution in [0.2, 0.25) is 0 Å². The predicted molar refractivity (Wildman–Crippen MR) is 92.1 cm³/mol. The molecule has 0 bridgehead atoms. The molecule has 0 aliphatic carbocycles. The Labute approximate surface area is 151 Å². The minimum absolute atomic E-state index is 0.0492. The first kappa shape index (κ1) is 19.6.